The van der Waals surface area contributed by atoms with Crippen LogP contribution in [0.1, 0.15) is 24.3 Å². The second kappa shape index (κ2) is 6.89. The maximum Gasteiger partial charge on any atom is 0.407 e. The number of hydrogen-bond donors (Lipinski definition) is 2. The van der Waals surface area contributed by atoms with Gasteiger partial charge in [-0.3, -0.25) is 4.90 Å². The molecule has 5 nitrogen and oxygen atoms in total. The molecule has 0 bridgehead atoms. The molecule has 0 aromatic carbocycles. The van der Waals surface area contributed by atoms with Crippen LogP contribution in [0.2, 0.25) is 0 Å². The van der Waals surface area contributed by atoms with Gasteiger partial charge in [0.2, 0.25) is 0 Å². The molecule has 112 valence electrons. The minimum Gasteiger partial charge on any atom is -0.453 e. The van der Waals surface area contributed by atoms with Crippen LogP contribution < -0.4 is 11.1 Å². The maximum atomic E-state index is 11.3. The van der Waals surface area contributed by atoms with E-state index in [9.17, 15) is 4.79 Å². The Bertz CT molecular complexity index is 466. The van der Waals surface area contributed by atoms with E-state index in [1.165, 1.54) is 12.0 Å². The molecule has 1 aromatic rings. The molecule has 1 amide bonds. The zero-order valence-electron chi connectivity index (χ0n) is 11.6. The highest BCUT2D eigenvalue weighted by atomic mass is 79.9. The lowest BCUT2D eigenvalue weighted by Crippen LogP contribution is -2.41. The van der Waals surface area contributed by atoms with Crippen molar-refractivity contribution < 1.29 is 9.53 Å². The predicted molar refractivity (Wildman–Crippen MR) is 83.9 cm³/mol. The van der Waals surface area contributed by atoms with Gasteiger partial charge in [0, 0.05) is 39.9 Å². The monoisotopic (exact) mass is 361 g/mol. The molecule has 1 aliphatic rings. The molecule has 1 fully saturated rings. The zero-order chi connectivity index (χ0) is 14.7. The van der Waals surface area contributed by atoms with E-state index in [4.69, 9.17) is 5.73 Å². The molecule has 0 radical (unpaired) electrons. The summed E-state index contributed by atoms with van der Waals surface area (Å²) in [5.41, 5.74) is 6.17. The number of nitrogens with zero attached hydrogens (tertiary/aromatic N) is 1. The molecular formula is C13H20BrN3O2S. The number of likely N-dealkylation sites (tertiary alicyclic amines) is 1. The van der Waals surface area contributed by atoms with Gasteiger partial charge in [0.15, 0.2) is 0 Å². The Hall–Kier alpha value is -0.630. The van der Waals surface area contributed by atoms with Crippen LogP contribution in [0.25, 0.3) is 0 Å². The average molecular weight is 362 g/mol. The molecule has 7 heteroatoms. The third-order valence-electron chi connectivity index (χ3n) is 3.50. The fourth-order valence-electron chi connectivity index (χ4n) is 2.64. The Morgan fingerprint density at radius 2 is 2.45 bits per heavy atom. The van der Waals surface area contributed by atoms with E-state index in [1.54, 1.807) is 11.3 Å². The van der Waals surface area contributed by atoms with Gasteiger partial charge in [-0.1, -0.05) is 0 Å². The maximum absolute atomic E-state index is 11.3. The van der Waals surface area contributed by atoms with Crippen LogP contribution in [-0.4, -0.2) is 43.3 Å². The summed E-state index contributed by atoms with van der Waals surface area (Å²) >= 11 is 5.20. The first-order valence-electron chi connectivity index (χ1n) is 6.59. The van der Waals surface area contributed by atoms with E-state index in [0.717, 1.165) is 24.0 Å². The van der Waals surface area contributed by atoms with Gasteiger partial charge < -0.3 is 15.8 Å². The van der Waals surface area contributed by atoms with Gasteiger partial charge >= 0.3 is 6.09 Å². The number of amides is 1. The van der Waals surface area contributed by atoms with E-state index >= 15 is 0 Å². The SMILES string of the molecule is COC(=O)NC1CCN(C(c2cc(Br)cs2)C(C)N)C1. The number of nitrogens with two attached hydrogens (primary N) is 1. The molecule has 0 spiro atoms. The first-order chi connectivity index (χ1) is 9.51. The number of hydrogen-bond acceptors (Lipinski definition) is 5. The standard InChI is InChI=1S/C13H20BrN3O2S/c1-8(15)12(11-5-9(14)7-20-11)17-4-3-10(6-17)16-13(18)19-2/h5,7-8,10,12H,3-4,6,15H2,1-2H3,(H,16,18). The Kier molecular flexibility index (Phi) is 5.42. The fourth-order valence-corrected chi connectivity index (χ4v) is 4.33. The quantitative estimate of drug-likeness (QED) is 0.863. The van der Waals surface area contributed by atoms with E-state index in [0.29, 0.717) is 0 Å². The van der Waals surface area contributed by atoms with Gasteiger partial charge in [-0.05, 0) is 35.3 Å². The van der Waals surface area contributed by atoms with E-state index in [-0.39, 0.29) is 24.2 Å². The highest BCUT2D eigenvalue weighted by Crippen LogP contribution is 2.33. The van der Waals surface area contributed by atoms with E-state index < -0.39 is 0 Å². The van der Waals surface area contributed by atoms with Crippen LogP contribution >= 0.6 is 27.3 Å². The molecule has 2 heterocycles. The number of alkyl carbamates (subject to hydrolysis) is 1. The predicted octanol–water partition coefficient (Wildman–Crippen LogP) is 2.33. The lowest BCUT2D eigenvalue weighted by Gasteiger charge is -2.30. The van der Waals surface area contributed by atoms with Crippen molar-refractivity contribution in [2.45, 2.75) is 31.5 Å². The second-order valence-corrected chi connectivity index (χ2v) is 6.95. The number of methoxy groups -OCH3 is 1. The molecule has 3 N–H and O–H groups in total. The summed E-state index contributed by atoms with van der Waals surface area (Å²) in [5.74, 6) is 0. The van der Waals surface area contributed by atoms with Gasteiger partial charge in [-0.15, -0.1) is 11.3 Å². The number of halogens is 1. The molecule has 3 atom stereocenters. The van der Waals surface area contributed by atoms with Gasteiger partial charge in [-0.2, -0.15) is 0 Å². The summed E-state index contributed by atoms with van der Waals surface area (Å²) < 4.78 is 5.74. The molecule has 2 rings (SSSR count). The van der Waals surface area contributed by atoms with Crippen molar-refractivity contribution in [1.82, 2.24) is 10.2 Å². The Morgan fingerprint density at radius 3 is 3.00 bits per heavy atom. The molecule has 1 aromatic heterocycles. The van der Waals surface area contributed by atoms with Gasteiger partial charge in [0.25, 0.3) is 0 Å². The minimum atomic E-state index is -0.368. The summed E-state index contributed by atoms with van der Waals surface area (Å²) in [6.07, 6.45) is 0.554. The summed E-state index contributed by atoms with van der Waals surface area (Å²) in [6, 6.07) is 2.49. The summed E-state index contributed by atoms with van der Waals surface area (Å²) in [7, 11) is 1.38. The first-order valence-corrected chi connectivity index (χ1v) is 8.26. The van der Waals surface area contributed by atoms with Gasteiger partial charge in [0.1, 0.15) is 0 Å². The zero-order valence-corrected chi connectivity index (χ0v) is 14.0. The Balaban J connectivity index is 2.03. The molecule has 1 saturated heterocycles. The average Bonchev–Trinajstić information content (AvgIpc) is 2.99. The minimum absolute atomic E-state index is 0.0393. The van der Waals surface area contributed by atoms with Crippen LogP contribution in [0, 0.1) is 0 Å². The second-order valence-electron chi connectivity index (χ2n) is 5.09. The lowest BCUT2D eigenvalue weighted by atomic mass is 10.1. The number of carbonyl (C=O) groups is 1. The summed E-state index contributed by atoms with van der Waals surface area (Å²) in [5, 5.41) is 4.93. The normalized spacial score (nSPS) is 22.5. The van der Waals surface area contributed by atoms with Crippen LogP contribution in [0.3, 0.4) is 0 Å². The van der Waals surface area contributed by atoms with Crippen molar-refractivity contribution >= 4 is 33.4 Å². The van der Waals surface area contributed by atoms with Crippen LogP contribution in [0.15, 0.2) is 15.9 Å². The number of thiophene rings is 1. The van der Waals surface area contributed by atoms with Crippen LogP contribution in [0.4, 0.5) is 4.79 Å². The van der Waals surface area contributed by atoms with Crippen molar-refractivity contribution in [2.75, 3.05) is 20.2 Å². The topological polar surface area (TPSA) is 67.6 Å². The smallest absolute Gasteiger partial charge is 0.407 e. The summed E-state index contributed by atoms with van der Waals surface area (Å²) in [4.78, 5) is 14.9. The van der Waals surface area contributed by atoms with Gasteiger partial charge in [-0.25, -0.2) is 4.79 Å². The number of rotatable bonds is 4. The first kappa shape index (κ1) is 15.8. The highest BCUT2D eigenvalue weighted by molar-refractivity contribution is 9.10. The molecule has 0 saturated carbocycles. The van der Waals surface area contributed by atoms with E-state index in [1.807, 2.05) is 6.92 Å². The molecule has 1 aliphatic heterocycles. The molecule has 20 heavy (non-hydrogen) atoms. The van der Waals surface area contributed by atoms with Crippen molar-refractivity contribution in [3.05, 3.63) is 20.8 Å². The number of nitrogens with one attached hydrogen (secondary N) is 1. The number of ether oxygens (including phenoxy) is 1. The van der Waals surface area contributed by atoms with E-state index in [2.05, 4.69) is 42.3 Å². The van der Waals surface area contributed by atoms with Crippen molar-refractivity contribution in [2.24, 2.45) is 5.73 Å². The third-order valence-corrected chi connectivity index (χ3v) is 5.26. The van der Waals surface area contributed by atoms with Gasteiger partial charge in [0.05, 0.1) is 13.2 Å². The largest absolute Gasteiger partial charge is 0.453 e. The summed E-state index contributed by atoms with van der Waals surface area (Å²) in [6.45, 7) is 3.76. The highest BCUT2D eigenvalue weighted by Gasteiger charge is 2.32. The Morgan fingerprint density at radius 1 is 1.70 bits per heavy atom. The van der Waals surface area contributed by atoms with Crippen molar-refractivity contribution in [3.63, 3.8) is 0 Å². The fraction of sp³-hybridized carbons (Fsp3) is 0.615. The van der Waals surface area contributed by atoms with Crippen molar-refractivity contribution in [3.8, 4) is 0 Å². The van der Waals surface area contributed by atoms with Crippen molar-refractivity contribution in [1.29, 1.82) is 0 Å². The van der Waals surface area contributed by atoms with Crippen LogP contribution in [0.5, 0.6) is 0 Å². The number of carbonyl (C=O) groups excluding carboxylic acids is 1. The third kappa shape index (κ3) is 3.72. The Labute approximate surface area is 131 Å². The van der Waals surface area contributed by atoms with Crippen LogP contribution in [-0.2, 0) is 4.74 Å². The lowest BCUT2D eigenvalue weighted by molar-refractivity contribution is 0.164. The molecule has 0 aliphatic carbocycles. The molecular weight excluding hydrogens is 342 g/mol. The molecule has 3 unspecified atom stereocenters.